The topological polar surface area (TPSA) is 12.9 Å². The number of thioether (sulfide) groups is 1. The Labute approximate surface area is 115 Å². The first-order chi connectivity index (χ1) is 8.16. The predicted octanol–water partition coefficient (Wildman–Crippen LogP) is 5.10. The van der Waals surface area contributed by atoms with E-state index in [-0.39, 0.29) is 0 Å². The molecule has 0 aliphatic rings. The van der Waals surface area contributed by atoms with Crippen LogP contribution in [0.4, 0.5) is 0 Å². The molecule has 90 valence electrons. The molecule has 1 atom stereocenters. The normalized spacial score (nSPS) is 12.6. The second-order valence-corrected chi connectivity index (χ2v) is 6.63. The number of hydrogen-bond donors (Lipinski definition) is 0. The highest BCUT2D eigenvalue weighted by atomic mass is 35.5. The highest BCUT2D eigenvalue weighted by Gasteiger charge is 2.10. The van der Waals surface area contributed by atoms with Crippen molar-refractivity contribution in [1.82, 2.24) is 4.98 Å². The third-order valence-corrected chi connectivity index (χ3v) is 4.87. The van der Waals surface area contributed by atoms with E-state index in [1.54, 1.807) is 11.3 Å². The van der Waals surface area contributed by atoms with E-state index < -0.39 is 0 Å². The average Bonchev–Trinajstić information content (AvgIpc) is 2.73. The monoisotopic (exact) mass is 283 g/mol. The molecule has 2 rings (SSSR count). The lowest BCUT2D eigenvalue weighted by Gasteiger charge is -2.12. The number of hydrogen-bond acceptors (Lipinski definition) is 3. The maximum atomic E-state index is 6.18. The van der Waals surface area contributed by atoms with Gasteiger partial charge in [-0.05, 0) is 25.5 Å². The molecule has 0 spiro atoms. The molecule has 17 heavy (non-hydrogen) atoms. The minimum atomic E-state index is 0.394. The summed E-state index contributed by atoms with van der Waals surface area (Å²) in [6, 6.07) is 8.03. The molecule has 0 radical (unpaired) electrons. The van der Waals surface area contributed by atoms with E-state index in [1.807, 2.05) is 36.9 Å². The zero-order valence-corrected chi connectivity index (χ0v) is 12.2. The summed E-state index contributed by atoms with van der Waals surface area (Å²) in [4.78, 5) is 4.46. The van der Waals surface area contributed by atoms with Gasteiger partial charge in [0.25, 0.3) is 0 Å². The molecule has 1 unspecified atom stereocenters. The second-order valence-electron chi connectivity index (χ2n) is 3.83. The van der Waals surface area contributed by atoms with Gasteiger partial charge in [-0.15, -0.1) is 23.1 Å². The van der Waals surface area contributed by atoms with Crippen molar-refractivity contribution >= 4 is 34.7 Å². The minimum absolute atomic E-state index is 0.394. The molecule has 0 amide bonds. The molecule has 1 heterocycles. The van der Waals surface area contributed by atoms with Crippen molar-refractivity contribution in [3.63, 3.8) is 0 Å². The van der Waals surface area contributed by atoms with Gasteiger partial charge in [0.15, 0.2) is 0 Å². The maximum Gasteiger partial charge on any atom is 0.0897 e. The molecule has 0 saturated heterocycles. The van der Waals surface area contributed by atoms with Crippen LogP contribution in [0.15, 0.2) is 29.6 Å². The standard InChI is InChI=1S/C13H14ClNS2/c1-9(12-5-3-4-6-13(12)14)16-7-11-8-17-10(2)15-11/h3-6,8-9H,7H2,1-2H3. The lowest BCUT2D eigenvalue weighted by molar-refractivity contribution is 1.08. The summed E-state index contributed by atoms with van der Waals surface area (Å²) >= 11 is 9.75. The van der Waals surface area contributed by atoms with Gasteiger partial charge >= 0.3 is 0 Å². The Morgan fingerprint density at radius 3 is 2.82 bits per heavy atom. The van der Waals surface area contributed by atoms with Gasteiger partial charge < -0.3 is 0 Å². The second kappa shape index (κ2) is 5.89. The quantitative estimate of drug-likeness (QED) is 0.774. The molecule has 1 aromatic carbocycles. The van der Waals surface area contributed by atoms with E-state index in [0.717, 1.165) is 21.5 Å². The van der Waals surface area contributed by atoms with Crippen LogP contribution in [0.2, 0.25) is 5.02 Å². The smallest absolute Gasteiger partial charge is 0.0897 e. The lowest BCUT2D eigenvalue weighted by atomic mass is 10.2. The van der Waals surface area contributed by atoms with Crippen molar-refractivity contribution in [3.8, 4) is 0 Å². The number of aromatic nitrogens is 1. The first-order valence-electron chi connectivity index (χ1n) is 5.44. The van der Waals surface area contributed by atoms with Crippen molar-refractivity contribution < 1.29 is 0 Å². The van der Waals surface area contributed by atoms with Gasteiger partial charge in [0.1, 0.15) is 0 Å². The predicted molar refractivity (Wildman–Crippen MR) is 78.0 cm³/mol. The molecule has 0 bridgehead atoms. The Kier molecular flexibility index (Phi) is 4.48. The van der Waals surface area contributed by atoms with Crippen LogP contribution in [0, 0.1) is 6.92 Å². The van der Waals surface area contributed by atoms with Crippen LogP contribution < -0.4 is 0 Å². The van der Waals surface area contributed by atoms with E-state index in [0.29, 0.717) is 5.25 Å². The zero-order chi connectivity index (χ0) is 12.3. The largest absolute Gasteiger partial charge is 0.246 e. The first-order valence-corrected chi connectivity index (χ1v) is 7.74. The minimum Gasteiger partial charge on any atom is -0.246 e. The van der Waals surface area contributed by atoms with E-state index in [9.17, 15) is 0 Å². The van der Waals surface area contributed by atoms with Crippen molar-refractivity contribution in [2.45, 2.75) is 24.9 Å². The van der Waals surface area contributed by atoms with Crippen LogP contribution in [0.3, 0.4) is 0 Å². The van der Waals surface area contributed by atoms with E-state index in [4.69, 9.17) is 11.6 Å². The molecule has 2 aromatic rings. The highest BCUT2D eigenvalue weighted by molar-refractivity contribution is 7.98. The SMILES string of the molecule is Cc1nc(CSC(C)c2ccccc2Cl)cs1. The number of rotatable bonds is 4. The molecular weight excluding hydrogens is 270 g/mol. The average molecular weight is 284 g/mol. The Balaban J connectivity index is 1.98. The Morgan fingerprint density at radius 1 is 1.41 bits per heavy atom. The first kappa shape index (κ1) is 12.9. The summed E-state index contributed by atoms with van der Waals surface area (Å²) < 4.78 is 0. The molecular formula is C13H14ClNS2. The molecule has 0 N–H and O–H groups in total. The van der Waals surface area contributed by atoms with Gasteiger partial charge in [0.05, 0.1) is 10.7 Å². The number of aryl methyl sites for hydroxylation is 1. The molecule has 1 aromatic heterocycles. The summed E-state index contributed by atoms with van der Waals surface area (Å²) in [6.45, 7) is 4.22. The zero-order valence-electron chi connectivity index (χ0n) is 9.81. The molecule has 4 heteroatoms. The summed E-state index contributed by atoms with van der Waals surface area (Å²) in [7, 11) is 0. The van der Waals surface area contributed by atoms with Crippen molar-refractivity contribution in [3.05, 3.63) is 50.9 Å². The van der Waals surface area contributed by atoms with E-state index >= 15 is 0 Å². The van der Waals surface area contributed by atoms with Crippen LogP contribution >= 0.6 is 34.7 Å². The van der Waals surface area contributed by atoms with Crippen molar-refractivity contribution in [1.29, 1.82) is 0 Å². The third kappa shape index (κ3) is 3.47. The van der Waals surface area contributed by atoms with Gasteiger partial charge in [-0.3, -0.25) is 0 Å². The lowest BCUT2D eigenvalue weighted by Crippen LogP contribution is -1.91. The Hall–Kier alpha value is -0.510. The fourth-order valence-corrected chi connectivity index (χ4v) is 3.62. The van der Waals surface area contributed by atoms with Gasteiger partial charge in [0.2, 0.25) is 0 Å². The van der Waals surface area contributed by atoms with Gasteiger partial charge in [-0.25, -0.2) is 4.98 Å². The van der Waals surface area contributed by atoms with Crippen LogP contribution in [-0.4, -0.2) is 4.98 Å². The molecule has 0 fully saturated rings. The number of thiazole rings is 1. The van der Waals surface area contributed by atoms with Crippen LogP contribution in [0.25, 0.3) is 0 Å². The summed E-state index contributed by atoms with van der Waals surface area (Å²) in [6.07, 6.45) is 0. The number of benzene rings is 1. The molecule has 0 aliphatic heterocycles. The van der Waals surface area contributed by atoms with Crippen molar-refractivity contribution in [2.24, 2.45) is 0 Å². The van der Waals surface area contributed by atoms with Gasteiger partial charge in [0, 0.05) is 21.4 Å². The van der Waals surface area contributed by atoms with Gasteiger partial charge in [-0.1, -0.05) is 29.8 Å². The summed E-state index contributed by atoms with van der Waals surface area (Å²) in [5.74, 6) is 0.941. The third-order valence-electron chi connectivity index (χ3n) is 2.49. The van der Waals surface area contributed by atoms with Crippen molar-refractivity contribution in [2.75, 3.05) is 0 Å². The summed E-state index contributed by atoms with van der Waals surface area (Å²) in [5.41, 5.74) is 2.36. The van der Waals surface area contributed by atoms with E-state index in [1.165, 1.54) is 5.56 Å². The fraction of sp³-hybridized carbons (Fsp3) is 0.308. The summed E-state index contributed by atoms with van der Waals surface area (Å²) in [5, 5.41) is 4.50. The Bertz CT molecular complexity index is 496. The van der Waals surface area contributed by atoms with Crippen LogP contribution in [0.5, 0.6) is 0 Å². The maximum absolute atomic E-state index is 6.18. The fourth-order valence-electron chi connectivity index (χ4n) is 1.58. The highest BCUT2D eigenvalue weighted by Crippen LogP contribution is 2.34. The van der Waals surface area contributed by atoms with Crippen LogP contribution in [-0.2, 0) is 5.75 Å². The van der Waals surface area contributed by atoms with Crippen LogP contribution in [0.1, 0.15) is 28.4 Å². The molecule has 1 nitrogen and oxygen atoms in total. The molecule has 0 saturated carbocycles. The molecule has 0 aliphatic carbocycles. The number of halogens is 1. The Morgan fingerprint density at radius 2 is 2.18 bits per heavy atom. The van der Waals surface area contributed by atoms with E-state index in [2.05, 4.69) is 23.4 Å². The van der Waals surface area contributed by atoms with Gasteiger partial charge in [-0.2, -0.15) is 0 Å². The number of nitrogens with zero attached hydrogens (tertiary/aromatic N) is 1.